The van der Waals surface area contributed by atoms with Crippen molar-refractivity contribution in [2.75, 3.05) is 18.9 Å². The fourth-order valence-corrected chi connectivity index (χ4v) is 4.57. The number of nitrogens with two attached hydrogens (primary N) is 1. The molecule has 0 amide bonds. The highest BCUT2D eigenvalue weighted by molar-refractivity contribution is 5.40. The molecule has 0 bridgehead atoms. The molecule has 116 valence electrons. The number of ether oxygens (including phenoxy) is 1. The van der Waals surface area contributed by atoms with Crippen molar-refractivity contribution < 1.29 is 4.74 Å². The van der Waals surface area contributed by atoms with Crippen molar-refractivity contribution >= 4 is 5.69 Å². The number of fused-ring (bicyclic) bond motifs is 1. The number of nitrogen functional groups attached to an aromatic ring is 1. The van der Waals surface area contributed by atoms with Crippen LogP contribution < -0.4 is 5.73 Å². The van der Waals surface area contributed by atoms with Gasteiger partial charge in [0, 0.05) is 36.2 Å². The molecule has 1 aliphatic heterocycles. The third kappa shape index (κ3) is 2.58. The maximum atomic E-state index is 5.95. The number of hydrogen-bond donors (Lipinski definition) is 1. The molecule has 0 radical (unpaired) electrons. The summed E-state index contributed by atoms with van der Waals surface area (Å²) in [5, 5.41) is 0. The smallest absolute Gasteiger partial charge is 0.0685 e. The predicted molar refractivity (Wildman–Crippen MR) is 87.0 cm³/mol. The first-order valence-electron chi connectivity index (χ1n) is 8.24. The van der Waals surface area contributed by atoms with E-state index in [0.717, 1.165) is 25.4 Å². The topological polar surface area (TPSA) is 38.5 Å². The monoisotopic (exact) mass is 288 g/mol. The predicted octanol–water partition coefficient (Wildman–Crippen LogP) is 3.29. The molecule has 1 saturated heterocycles. The Morgan fingerprint density at radius 2 is 2.19 bits per heavy atom. The summed E-state index contributed by atoms with van der Waals surface area (Å²) in [6, 6.07) is 8.94. The molecule has 1 aliphatic carbocycles. The van der Waals surface area contributed by atoms with Crippen LogP contribution in [-0.2, 0) is 11.3 Å². The third-order valence-corrected chi connectivity index (χ3v) is 5.28. The van der Waals surface area contributed by atoms with E-state index in [1.807, 2.05) is 6.07 Å². The van der Waals surface area contributed by atoms with Crippen LogP contribution in [-0.4, -0.2) is 30.2 Å². The second kappa shape index (κ2) is 5.62. The third-order valence-electron chi connectivity index (χ3n) is 5.28. The number of anilines is 1. The minimum absolute atomic E-state index is 0.261. The van der Waals surface area contributed by atoms with Gasteiger partial charge in [-0.05, 0) is 37.1 Å². The van der Waals surface area contributed by atoms with E-state index in [0.29, 0.717) is 18.1 Å². The lowest BCUT2D eigenvalue weighted by atomic mass is 9.56. The Balaban J connectivity index is 1.78. The Labute approximate surface area is 128 Å². The van der Waals surface area contributed by atoms with Gasteiger partial charge in [-0.1, -0.05) is 32.9 Å². The Morgan fingerprint density at radius 1 is 1.38 bits per heavy atom. The summed E-state index contributed by atoms with van der Waals surface area (Å²) in [5.74, 6) is 0.715. The molecule has 1 aromatic rings. The first-order valence-corrected chi connectivity index (χ1v) is 8.24. The van der Waals surface area contributed by atoms with E-state index in [-0.39, 0.29) is 5.41 Å². The van der Waals surface area contributed by atoms with Gasteiger partial charge < -0.3 is 10.5 Å². The zero-order valence-corrected chi connectivity index (χ0v) is 13.5. The van der Waals surface area contributed by atoms with E-state index >= 15 is 0 Å². The van der Waals surface area contributed by atoms with Crippen LogP contribution >= 0.6 is 0 Å². The largest absolute Gasteiger partial charge is 0.399 e. The number of hydrogen-bond acceptors (Lipinski definition) is 3. The molecule has 21 heavy (non-hydrogen) atoms. The summed E-state index contributed by atoms with van der Waals surface area (Å²) >= 11 is 0. The summed E-state index contributed by atoms with van der Waals surface area (Å²) < 4.78 is 5.95. The molecule has 0 spiro atoms. The first-order chi connectivity index (χ1) is 10.0. The molecule has 3 atom stereocenters. The van der Waals surface area contributed by atoms with E-state index in [1.165, 1.54) is 18.4 Å². The lowest BCUT2D eigenvalue weighted by Gasteiger charge is -2.58. The summed E-state index contributed by atoms with van der Waals surface area (Å²) in [5.41, 5.74) is 8.37. The maximum Gasteiger partial charge on any atom is 0.0685 e. The van der Waals surface area contributed by atoms with Crippen molar-refractivity contribution in [2.45, 2.75) is 52.3 Å². The molecule has 3 rings (SSSR count). The SMILES string of the molecule is CCCN(Cc1cccc(N)c1)C1C2CCOC2C1(C)C. The number of rotatable bonds is 5. The highest BCUT2D eigenvalue weighted by Crippen LogP contribution is 2.54. The van der Waals surface area contributed by atoms with E-state index in [9.17, 15) is 0 Å². The molecule has 2 N–H and O–H groups in total. The van der Waals surface area contributed by atoms with E-state index < -0.39 is 0 Å². The van der Waals surface area contributed by atoms with Gasteiger partial charge in [-0.3, -0.25) is 4.90 Å². The summed E-state index contributed by atoms with van der Waals surface area (Å²) in [7, 11) is 0. The van der Waals surface area contributed by atoms with Crippen LogP contribution in [0.3, 0.4) is 0 Å². The van der Waals surface area contributed by atoms with Crippen molar-refractivity contribution in [2.24, 2.45) is 11.3 Å². The van der Waals surface area contributed by atoms with Crippen LogP contribution in [0, 0.1) is 11.3 Å². The van der Waals surface area contributed by atoms with Crippen molar-refractivity contribution in [1.29, 1.82) is 0 Å². The highest BCUT2D eigenvalue weighted by atomic mass is 16.5. The van der Waals surface area contributed by atoms with Crippen molar-refractivity contribution in [3.8, 4) is 0 Å². The quantitative estimate of drug-likeness (QED) is 0.845. The lowest BCUT2D eigenvalue weighted by molar-refractivity contribution is -0.157. The average Bonchev–Trinajstić information content (AvgIpc) is 2.85. The van der Waals surface area contributed by atoms with E-state index in [2.05, 4.69) is 43.9 Å². The van der Waals surface area contributed by atoms with E-state index in [4.69, 9.17) is 10.5 Å². The fraction of sp³-hybridized carbons (Fsp3) is 0.667. The Bertz CT molecular complexity index is 500. The van der Waals surface area contributed by atoms with Crippen molar-refractivity contribution in [3.63, 3.8) is 0 Å². The van der Waals surface area contributed by atoms with Crippen LogP contribution in [0.4, 0.5) is 5.69 Å². The van der Waals surface area contributed by atoms with Crippen LogP contribution in [0.2, 0.25) is 0 Å². The Hall–Kier alpha value is -1.06. The van der Waals surface area contributed by atoms with Crippen LogP contribution in [0.25, 0.3) is 0 Å². The van der Waals surface area contributed by atoms with Gasteiger partial charge in [0.15, 0.2) is 0 Å². The Morgan fingerprint density at radius 3 is 2.90 bits per heavy atom. The minimum Gasteiger partial charge on any atom is -0.399 e. The summed E-state index contributed by atoms with van der Waals surface area (Å²) in [6.07, 6.45) is 2.87. The minimum atomic E-state index is 0.261. The molecule has 2 aliphatic rings. The molecule has 1 saturated carbocycles. The van der Waals surface area contributed by atoms with Crippen LogP contribution in [0.15, 0.2) is 24.3 Å². The zero-order chi connectivity index (χ0) is 15.0. The molecule has 3 heteroatoms. The van der Waals surface area contributed by atoms with E-state index in [1.54, 1.807) is 0 Å². The second-order valence-corrected chi connectivity index (χ2v) is 7.23. The highest BCUT2D eigenvalue weighted by Gasteiger charge is 2.60. The van der Waals surface area contributed by atoms with Gasteiger partial charge in [-0.25, -0.2) is 0 Å². The lowest BCUT2D eigenvalue weighted by Crippen LogP contribution is -2.66. The molecule has 1 aromatic carbocycles. The molecule has 3 nitrogen and oxygen atoms in total. The van der Waals surface area contributed by atoms with Crippen molar-refractivity contribution in [3.05, 3.63) is 29.8 Å². The number of nitrogens with zero attached hydrogens (tertiary/aromatic N) is 1. The van der Waals surface area contributed by atoms with Gasteiger partial charge >= 0.3 is 0 Å². The van der Waals surface area contributed by atoms with Gasteiger partial charge in [0.05, 0.1) is 6.10 Å². The first kappa shape index (κ1) is 14.9. The second-order valence-electron chi connectivity index (χ2n) is 7.23. The van der Waals surface area contributed by atoms with Gasteiger partial charge in [-0.15, -0.1) is 0 Å². The molecule has 2 fully saturated rings. The molecular formula is C18H28N2O. The van der Waals surface area contributed by atoms with Gasteiger partial charge in [-0.2, -0.15) is 0 Å². The van der Waals surface area contributed by atoms with Crippen molar-refractivity contribution in [1.82, 2.24) is 4.90 Å². The molecule has 0 aromatic heterocycles. The molecular weight excluding hydrogens is 260 g/mol. The standard InChI is InChI=1S/C18H28N2O/c1-4-9-20(12-13-6-5-7-14(19)11-13)16-15-8-10-21-17(15)18(16,2)3/h5-7,11,15-17H,4,8-10,12,19H2,1-3H3. The van der Waals surface area contributed by atoms with Crippen LogP contribution in [0.1, 0.15) is 39.2 Å². The van der Waals surface area contributed by atoms with Gasteiger partial charge in [0.25, 0.3) is 0 Å². The Kier molecular flexibility index (Phi) is 3.98. The number of benzene rings is 1. The normalized spacial score (nSPS) is 30.2. The maximum absolute atomic E-state index is 5.95. The summed E-state index contributed by atoms with van der Waals surface area (Å²) in [4.78, 5) is 2.66. The molecule has 1 heterocycles. The average molecular weight is 288 g/mol. The van der Waals surface area contributed by atoms with Crippen LogP contribution in [0.5, 0.6) is 0 Å². The fourth-order valence-electron chi connectivity index (χ4n) is 4.57. The zero-order valence-electron chi connectivity index (χ0n) is 13.5. The molecule has 3 unspecified atom stereocenters. The van der Waals surface area contributed by atoms with Gasteiger partial charge in [0.2, 0.25) is 0 Å². The van der Waals surface area contributed by atoms with Gasteiger partial charge in [0.1, 0.15) is 0 Å². The summed E-state index contributed by atoms with van der Waals surface area (Å²) in [6.45, 7) is 10.1.